The average molecular weight is 247 g/mol. The third-order valence-corrected chi connectivity index (χ3v) is 3.53. The predicted octanol–water partition coefficient (Wildman–Crippen LogP) is 3.12. The molecule has 1 aromatic carbocycles. The van der Waals surface area contributed by atoms with Gasteiger partial charge in [0.15, 0.2) is 5.60 Å². The van der Waals surface area contributed by atoms with Crippen LogP contribution in [0.3, 0.4) is 0 Å². The second-order valence-corrected chi connectivity index (χ2v) is 5.14. The lowest BCUT2D eigenvalue weighted by molar-refractivity contribution is -0.0958. The summed E-state index contributed by atoms with van der Waals surface area (Å²) in [6, 6.07) is 10.00. The average Bonchev–Trinajstić information content (AvgIpc) is 2.81. The normalized spacial score (nSPS) is 24.5. The van der Waals surface area contributed by atoms with E-state index in [0.29, 0.717) is 6.42 Å². The summed E-state index contributed by atoms with van der Waals surface area (Å²) in [7, 11) is 0. The lowest BCUT2D eigenvalue weighted by Gasteiger charge is -2.27. The maximum atomic E-state index is 10.2. The number of benzene rings is 1. The first kappa shape index (κ1) is 13.1. The monoisotopic (exact) mass is 247 g/mol. The number of rotatable bonds is 5. The van der Waals surface area contributed by atoms with Gasteiger partial charge < -0.3 is 9.94 Å². The summed E-state index contributed by atoms with van der Waals surface area (Å²) in [5.41, 5.74) is 1.43. The van der Waals surface area contributed by atoms with Gasteiger partial charge in [0.05, 0.1) is 11.8 Å². The number of aliphatic hydroxyl groups excluding tert-OH is 1. The van der Waals surface area contributed by atoms with Gasteiger partial charge in [0.1, 0.15) is 0 Å². The Balaban J connectivity index is 2.01. The summed E-state index contributed by atoms with van der Waals surface area (Å²) < 4.78 is 0. The number of hydrogen-bond donors (Lipinski definition) is 1. The molecule has 0 unspecified atom stereocenters. The quantitative estimate of drug-likeness (QED) is 0.868. The molecule has 0 spiro atoms. The van der Waals surface area contributed by atoms with E-state index in [2.05, 4.69) is 12.1 Å². The summed E-state index contributed by atoms with van der Waals surface area (Å²) in [6.07, 6.45) is 3.08. The molecule has 98 valence electrons. The lowest BCUT2D eigenvalue weighted by atomic mass is 9.88. The van der Waals surface area contributed by atoms with E-state index in [1.165, 1.54) is 0 Å². The zero-order valence-corrected chi connectivity index (χ0v) is 11.1. The van der Waals surface area contributed by atoms with Crippen molar-refractivity contribution in [2.75, 3.05) is 0 Å². The Morgan fingerprint density at radius 3 is 2.78 bits per heavy atom. The Kier molecular flexibility index (Phi) is 4.02. The molecule has 0 aliphatic carbocycles. The minimum atomic E-state index is -0.569. The lowest BCUT2D eigenvalue weighted by Crippen LogP contribution is -2.39. The van der Waals surface area contributed by atoms with Crippen LogP contribution in [0.5, 0.6) is 0 Å². The second kappa shape index (κ2) is 5.53. The molecule has 0 saturated heterocycles. The van der Waals surface area contributed by atoms with Crippen LogP contribution < -0.4 is 0 Å². The van der Waals surface area contributed by atoms with Gasteiger partial charge in [-0.05, 0) is 18.9 Å². The predicted molar refractivity (Wildman–Crippen MR) is 72.6 cm³/mol. The van der Waals surface area contributed by atoms with E-state index >= 15 is 0 Å². The van der Waals surface area contributed by atoms with Crippen LogP contribution in [-0.2, 0) is 4.84 Å². The van der Waals surface area contributed by atoms with Crippen LogP contribution in [0.1, 0.15) is 45.1 Å². The first-order valence-corrected chi connectivity index (χ1v) is 6.64. The maximum absolute atomic E-state index is 10.2. The molecule has 18 heavy (non-hydrogen) atoms. The van der Waals surface area contributed by atoms with Crippen molar-refractivity contribution in [2.24, 2.45) is 5.16 Å². The van der Waals surface area contributed by atoms with E-state index in [0.717, 1.165) is 30.5 Å². The molecule has 0 aromatic heterocycles. The van der Waals surface area contributed by atoms with E-state index in [-0.39, 0.29) is 0 Å². The van der Waals surface area contributed by atoms with Gasteiger partial charge in [-0.2, -0.15) is 0 Å². The molecule has 1 N–H and O–H groups in total. The third kappa shape index (κ3) is 2.72. The fourth-order valence-corrected chi connectivity index (χ4v) is 2.22. The summed E-state index contributed by atoms with van der Waals surface area (Å²) in [5, 5.41) is 14.4. The van der Waals surface area contributed by atoms with Crippen LogP contribution in [0.25, 0.3) is 0 Å². The van der Waals surface area contributed by atoms with Crippen molar-refractivity contribution >= 4 is 5.71 Å². The SMILES string of the molecule is CCCC[C@H](O)[C@@]1(C)CC(c2ccccc2)=NO1. The van der Waals surface area contributed by atoms with E-state index in [4.69, 9.17) is 4.84 Å². The molecule has 0 fully saturated rings. The van der Waals surface area contributed by atoms with Gasteiger partial charge in [-0.1, -0.05) is 55.3 Å². The zero-order valence-electron chi connectivity index (χ0n) is 11.1. The molecule has 3 heteroatoms. The molecule has 0 amide bonds. The van der Waals surface area contributed by atoms with Crippen LogP contribution >= 0.6 is 0 Å². The highest BCUT2D eigenvalue weighted by molar-refractivity contribution is 6.01. The van der Waals surface area contributed by atoms with Gasteiger partial charge in [0.25, 0.3) is 0 Å². The molecule has 1 heterocycles. The fourth-order valence-electron chi connectivity index (χ4n) is 2.22. The highest BCUT2D eigenvalue weighted by Crippen LogP contribution is 2.31. The van der Waals surface area contributed by atoms with Crippen molar-refractivity contribution in [3.8, 4) is 0 Å². The van der Waals surface area contributed by atoms with Gasteiger partial charge in [0.2, 0.25) is 0 Å². The van der Waals surface area contributed by atoms with Crippen LogP contribution in [0.15, 0.2) is 35.5 Å². The molecule has 0 bridgehead atoms. The Labute approximate surface area is 108 Å². The van der Waals surface area contributed by atoms with Gasteiger partial charge in [-0.3, -0.25) is 0 Å². The minimum Gasteiger partial charge on any atom is -0.389 e. The molecule has 0 saturated carbocycles. The van der Waals surface area contributed by atoms with E-state index in [1.807, 2.05) is 37.3 Å². The Hall–Kier alpha value is -1.35. The van der Waals surface area contributed by atoms with Crippen molar-refractivity contribution in [2.45, 2.75) is 51.2 Å². The molecular formula is C15H21NO2. The first-order chi connectivity index (χ1) is 8.65. The number of hydrogen-bond acceptors (Lipinski definition) is 3. The first-order valence-electron chi connectivity index (χ1n) is 6.64. The number of oxime groups is 1. The topological polar surface area (TPSA) is 41.8 Å². The summed E-state index contributed by atoms with van der Waals surface area (Å²) in [4.78, 5) is 5.50. The van der Waals surface area contributed by atoms with E-state index < -0.39 is 11.7 Å². The Morgan fingerprint density at radius 1 is 1.39 bits per heavy atom. The van der Waals surface area contributed by atoms with E-state index in [9.17, 15) is 5.11 Å². The largest absolute Gasteiger partial charge is 0.389 e. The van der Waals surface area contributed by atoms with Crippen molar-refractivity contribution in [3.05, 3.63) is 35.9 Å². The molecule has 1 aromatic rings. The van der Waals surface area contributed by atoms with Crippen LogP contribution in [0, 0.1) is 0 Å². The molecular weight excluding hydrogens is 226 g/mol. The van der Waals surface area contributed by atoms with Crippen molar-refractivity contribution in [1.82, 2.24) is 0 Å². The van der Waals surface area contributed by atoms with Gasteiger partial charge >= 0.3 is 0 Å². The molecule has 1 aliphatic rings. The molecule has 2 atom stereocenters. The van der Waals surface area contributed by atoms with Crippen LogP contribution in [-0.4, -0.2) is 22.5 Å². The van der Waals surface area contributed by atoms with Crippen molar-refractivity contribution < 1.29 is 9.94 Å². The van der Waals surface area contributed by atoms with Crippen LogP contribution in [0.2, 0.25) is 0 Å². The molecule has 3 nitrogen and oxygen atoms in total. The summed E-state index contributed by atoms with van der Waals surface area (Å²) in [5.74, 6) is 0. The third-order valence-electron chi connectivity index (χ3n) is 3.53. The highest BCUT2D eigenvalue weighted by atomic mass is 16.7. The second-order valence-electron chi connectivity index (χ2n) is 5.14. The van der Waals surface area contributed by atoms with Crippen LogP contribution in [0.4, 0.5) is 0 Å². The number of nitrogens with zero attached hydrogens (tertiary/aromatic N) is 1. The van der Waals surface area contributed by atoms with Gasteiger partial charge in [-0.15, -0.1) is 0 Å². The van der Waals surface area contributed by atoms with Gasteiger partial charge in [-0.25, -0.2) is 0 Å². The van der Waals surface area contributed by atoms with Gasteiger partial charge in [0, 0.05) is 6.42 Å². The summed E-state index contributed by atoms with van der Waals surface area (Å²) in [6.45, 7) is 4.06. The summed E-state index contributed by atoms with van der Waals surface area (Å²) >= 11 is 0. The standard InChI is InChI=1S/C15H21NO2/c1-3-4-10-14(17)15(2)11-13(16-18-15)12-8-6-5-7-9-12/h5-9,14,17H,3-4,10-11H2,1-2H3/t14-,15+/m0/s1. The minimum absolute atomic E-state index is 0.456. The zero-order chi connectivity index (χ0) is 13.0. The molecule has 2 rings (SSSR count). The van der Waals surface area contributed by atoms with Crippen molar-refractivity contribution in [1.29, 1.82) is 0 Å². The highest BCUT2D eigenvalue weighted by Gasteiger charge is 2.41. The fraction of sp³-hybridized carbons (Fsp3) is 0.533. The Morgan fingerprint density at radius 2 is 2.11 bits per heavy atom. The van der Waals surface area contributed by atoms with E-state index in [1.54, 1.807) is 0 Å². The number of unbranched alkanes of at least 4 members (excludes halogenated alkanes) is 1. The molecule has 1 aliphatic heterocycles. The maximum Gasteiger partial charge on any atom is 0.166 e. The van der Waals surface area contributed by atoms with Crippen molar-refractivity contribution in [3.63, 3.8) is 0 Å². The smallest absolute Gasteiger partial charge is 0.166 e. The molecule has 0 radical (unpaired) electrons. The number of aliphatic hydroxyl groups is 1. The Bertz CT molecular complexity index is 416.